The lowest BCUT2D eigenvalue weighted by Crippen LogP contribution is -2.43. The second-order valence-electron chi connectivity index (χ2n) is 4.73. The maximum Gasteiger partial charge on any atom is 0.240 e. The van der Waals surface area contributed by atoms with E-state index in [0.717, 1.165) is 10.7 Å². The van der Waals surface area contributed by atoms with Crippen LogP contribution >= 0.6 is 11.3 Å². The fourth-order valence-corrected chi connectivity index (χ4v) is 2.43. The van der Waals surface area contributed by atoms with Gasteiger partial charge < -0.3 is 10.6 Å². The van der Waals surface area contributed by atoms with Gasteiger partial charge in [0.25, 0.3) is 0 Å². The van der Waals surface area contributed by atoms with Crippen LogP contribution in [0.1, 0.15) is 18.9 Å². The van der Waals surface area contributed by atoms with Crippen LogP contribution in [-0.4, -0.2) is 17.4 Å². The summed E-state index contributed by atoms with van der Waals surface area (Å²) in [7, 11) is 0. The summed E-state index contributed by atoms with van der Waals surface area (Å²) in [5.74, 6) is -0.0518. The quantitative estimate of drug-likeness (QED) is 0.882. The molecule has 1 heterocycles. The average molecular weight is 275 g/mol. The topological polar surface area (TPSA) is 54.0 Å². The van der Waals surface area contributed by atoms with Crippen molar-refractivity contribution in [1.29, 1.82) is 0 Å². The zero-order chi connectivity index (χ0) is 13.7. The molecule has 0 aliphatic heterocycles. The number of carbonyl (C=O) groups is 1. The summed E-state index contributed by atoms with van der Waals surface area (Å²) in [5.41, 5.74) is 0.494. The number of rotatable bonds is 5. The van der Waals surface area contributed by atoms with Crippen molar-refractivity contribution in [1.82, 2.24) is 10.3 Å². The van der Waals surface area contributed by atoms with E-state index in [9.17, 15) is 4.79 Å². The van der Waals surface area contributed by atoms with Gasteiger partial charge in [0.1, 0.15) is 5.01 Å². The van der Waals surface area contributed by atoms with E-state index in [1.807, 2.05) is 49.6 Å². The molecule has 1 amide bonds. The van der Waals surface area contributed by atoms with Crippen LogP contribution in [0.3, 0.4) is 0 Å². The number of para-hydroxylation sites is 1. The third-order valence-electron chi connectivity index (χ3n) is 2.65. The van der Waals surface area contributed by atoms with E-state index in [2.05, 4.69) is 15.6 Å². The number of anilines is 1. The number of nitrogens with one attached hydrogen (secondary N) is 2. The molecule has 0 fully saturated rings. The fraction of sp³-hybridized carbons (Fsp3) is 0.286. The van der Waals surface area contributed by atoms with Crippen molar-refractivity contribution in [2.24, 2.45) is 0 Å². The zero-order valence-corrected chi connectivity index (χ0v) is 11.8. The number of hydrogen-bond donors (Lipinski definition) is 2. The highest BCUT2D eigenvalue weighted by Gasteiger charge is 2.25. The summed E-state index contributed by atoms with van der Waals surface area (Å²) in [5, 5.41) is 8.87. The Balaban J connectivity index is 1.88. The lowest BCUT2D eigenvalue weighted by molar-refractivity contribution is -0.121. The van der Waals surface area contributed by atoms with Gasteiger partial charge in [-0.05, 0) is 26.0 Å². The number of amides is 1. The molecule has 0 bridgehead atoms. The number of hydrogen-bond acceptors (Lipinski definition) is 4. The molecular formula is C14H17N3OS. The molecule has 1 aromatic carbocycles. The third-order valence-corrected chi connectivity index (χ3v) is 3.74. The van der Waals surface area contributed by atoms with Gasteiger partial charge in [-0.2, -0.15) is 0 Å². The van der Waals surface area contributed by atoms with Crippen molar-refractivity contribution in [3.63, 3.8) is 0 Å². The molecule has 2 N–H and O–H groups in total. The van der Waals surface area contributed by atoms with Crippen LogP contribution in [0.4, 0.5) is 5.69 Å². The van der Waals surface area contributed by atoms with Crippen molar-refractivity contribution >= 4 is 22.9 Å². The molecule has 19 heavy (non-hydrogen) atoms. The van der Waals surface area contributed by atoms with E-state index in [4.69, 9.17) is 0 Å². The first-order valence-electron chi connectivity index (χ1n) is 6.08. The standard InChI is InChI=1S/C14H17N3OS/c1-14(2,13-15-8-9-19-13)17-12(18)10-16-11-6-4-3-5-7-11/h3-9,16H,10H2,1-2H3,(H,17,18). The maximum atomic E-state index is 11.9. The largest absolute Gasteiger partial charge is 0.376 e. The van der Waals surface area contributed by atoms with Gasteiger partial charge in [0, 0.05) is 17.3 Å². The normalized spacial score (nSPS) is 11.1. The van der Waals surface area contributed by atoms with E-state index < -0.39 is 5.54 Å². The Kier molecular flexibility index (Phi) is 4.16. The minimum atomic E-state index is -0.441. The molecule has 2 rings (SSSR count). The van der Waals surface area contributed by atoms with Crippen LogP contribution in [0.5, 0.6) is 0 Å². The van der Waals surface area contributed by atoms with Crippen molar-refractivity contribution < 1.29 is 4.79 Å². The summed E-state index contributed by atoms with van der Waals surface area (Å²) in [6, 6.07) is 9.66. The first-order valence-corrected chi connectivity index (χ1v) is 6.96. The molecule has 5 heteroatoms. The highest BCUT2D eigenvalue weighted by molar-refractivity contribution is 7.09. The smallest absolute Gasteiger partial charge is 0.240 e. The molecule has 4 nitrogen and oxygen atoms in total. The zero-order valence-electron chi connectivity index (χ0n) is 11.0. The second kappa shape index (κ2) is 5.84. The van der Waals surface area contributed by atoms with Crippen molar-refractivity contribution in [3.05, 3.63) is 46.9 Å². The Hall–Kier alpha value is -1.88. The SMILES string of the molecule is CC(C)(NC(=O)CNc1ccccc1)c1nccs1. The van der Waals surface area contributed by atoms with Crippen molar-refractivity contribution in [3.8, 4) is 0 Å². The molecule has 0 aliphatic carbocycles. The monoisotopic (exact) mass is 275 g/mol. The van der Waals surface area contributed by atoms with Crippen LogP contribution in [0.25, 0.3) is 0 Å². The highest BCUT2D eigenvalue weighted by Crippen LogP contribution is 2.21. The van der Waals surface area contributed by atoms with E-state index in [1.54, 1.807) is 17.5 Å². The Morgan fingerprint density at radius 2 is 2.05 bits per heavy atom. The number of aromatic nitrogens is 1. The predicted molar refractivity (Wildman–Crippen MR) is 78.2 cm³/mol. The molecular weight excluding hydrogens is 258 g/mol. The van der Waals surface area contributed by atoms with E-state index in [1.165, 1.54) is 0 Å². The van der Waals surface area contributed by atoms with Crippen LogP contribution in [-0.2, 0) is 10.3 Å². The van der Waals surface area contributed by atoms with Gasteiger partial charge in [0.2, 0.25) is 5.91 Å². The van der Waals surface area contributed by atoms with Gasteiger partial charge in [0.15, 0.2) is 0 Å². The minimum Gasteiger partial charge on any atom is -0.376 e. The van der Waals surface area contributed by atoms with Crippen LogP contribution < -0.4 is 10.6 Å². The Morgan fingerprint density at radius 1 is 1.32 bits per heavy atom. The average Bonchev–Trinajstić information content (AvgIpc) is 2.92. The Labute approximate surface area is 116 Å². The Bertz CT molecular complexity index is 523. The van der Waals surface area contributed by atoms with E-state index >= 15 is 0 Å². The van der Waals surface area contributed by atoms with Gasteiger partial charge in [0.05, 0.1) is 12.1 Å². The summed E-state index contributed by atoms with van der Waals surface area (Å²) in [6.07, 6.45) is 1.75. The van der Waals surface area contributed by atoms with Crippen LogP contribution in [0, 0.1) is 0 Å². The van der Waals surface area contributed by atoms with E-state index in [0.29, 0.717) is 0 Å². The van der Waals surface area contributed by atoms with Crippen LogP contribution in [0.15, 0.2) is 41.9 Å². The minimum absolute atomic E-state index is 0.0518. The van der Waals surface area contributed by atoms with Crippen LogP contribution in [0.2, 0.25) is 0 Å². The molecule has 0 saturated carbocycles. The van der Waals surface area contributed by atoms with Gasteiger partial charge in [-0.1, -0.05) is 18.2 Å². The summed E-state index contributed by atoms with van der Waals surface area (Å²) in [4.78, 5) is 16.2. The molecule has 100 valence electrons. The van der Waals surface area contributed by atoms with Gasteiger partial charge in [-0.3, -0.25) is 4.79 Å². The molecule has 0 spiro atoms. The van der Waals surface area contributed by atoms with Crippen molar-refractivity contribution in [2.75, 3.05) is 11.9 Å². The molecule has 0 unspecified atom stereocenters. The first kappa shape index (κ1) is 13.5. The molecule has 0 saturated heterocycles. The van der Waals surface area contributed by atoms with Gasteiger partial charge in [-0.25, -0.2) is 4.98 Å². The molecule has 1 aromatic heterocycles. The summed E-state index contributed by atoms with van der Waals surface area (Å²) < 4.78 is 0. The van der Waals surface area contributed by atoms with E-state index in [-0.39, 0.29) is 12.5 Å². The lowest BCUT2D eigenvalue weighted by Gasteiger charge is -2.24. The third kappa shape index (κ3) is 3.79. The Morgan fingerprint density at radius 3 is 2.68 bits per heavy atom. The molecule has 2 aromatic rings. The maximum absolute atomic E-state index is 11.9. The summed E-state index contributed by atoms with van der Waals surface area (Å²) in [6.45, 7) is 4.15. The predicted octanol–water partition coefficient (Wildman–Crippen LogP) is 2.61. The fourth-order valence-electron chi connectivity index (χ4n) is 1.72. The molecule has 0 atom stereocenters. The second-order valence-corrected chi connectivity index (χ2v) is 5.62. The molecule has 0 aliphatic rings. The number of benzene rings is 1. The lowest BCUT2D eigenvalue weighted by atomic mass is 10.1. The number of thiazole rings is 1. The van der Waals surface area contributed by atoms with Gasteiger partial charge in [-0.15, -0.1) is 11.3 Å². The van der Waals surface area contributed by atoms with Crippen molar-refractivity contribution in [2.45, 2.75) is 19.4 Å². The summed E-state index contributed by atoms with van der Waals surface area (Å²) >= 11 is 1.54. The first-order chi connectivity index (χ1) is 9.08. The van der Waals surface area contributed by atoms with Gasteiger partial charge >= 0.3 is 0 Å². The number of carbonyl (C=O) groups excluding carboxylic acids is 1. The number of nitrogens with zero attached hydrogens (tertiary/aromatic N) is 1. The highest BCUT2D eigenvalue weighted by atomic mass is 32.1. The molecule has 0 radical (unpaired) electrons.